The lowest BCUT2D eigenvalue weighted by molar-refractivity contribution is 0.856. The fourth-order valence-corrected chi connectivity index (χ4v) is 1.75. The van der Waals surface area contributed by atoms with Crippen molar-refractivity contribution in [2.24, 2.45) is 0 Å². The van der Waals surface area contributed by atoms with Gasteiger partial charge in [0.25, 0.3) is 0 Å². The third-order valence-electron chi connectivity index (χ3n) is 2.62. The van der Waals surface area contributed by atoms with Crippen molar-refractivity contribution < 1.29 is 0 Å². The topological polar surface area (TPSA) is 0 Å². The van der Waals surface area contributed by atoms with Gasteiger partial charge in [-0.25, -0.2) is 0 Å². The van der Waals surface area contributed by atoms with Crippen molar-refractivity contribution >= 4 is 6.08 Å². The van der Waals surface area contributed by atoms with E-state index in [-0.39, 0.29) is 0 Å². The average molecular weight is 200 g/mol. The zero-order chi connectivity index (χ0) is 11.3. The summed E-state index contributed by atoms with van der Waals surface area (Å²) in [5.41, 5.74) is 4.16. The van der Waals surface area contributed by atoms with Gasteiger partial charge in [0.05, 0.1) is 0 Å². The SMILES string of the molecule is C/C=C\C=C/c1cccc(C(C)C)c1C. The molecule has 0 radical (unpaired) electrons. The number of allylic oxidation sites excluding steroid dienone is 3. The highest BCUT2D eigenvalue weighted by Gasteiger charge is 2.04. The largest absolute Gasteiger partial charge is 0.0877 e. The molecule has 0 bridgehead atoms. The minimum Gasteiger partial charge on any atom is -0.0877 e. The van der Waals surface area contributed by atoms with E-state index in [1.54, 1.807) is 0 Å². The van der Waals surface area contributed by atoms with Gasteiger partial charge in [0, 0.05) is 0 Å². The van der Waals surface area contributed by atoms with Gasteiger partial charge >= 0.3 is 0 Å². The molecule has 0 saturated carbocycles. The molecule has 0 aliphatic carbocycles. The number of rotatable bonds is 3. The monoisotopic (exact) mass is 200 g/mol. The summed E-state index contributed by atoms with van der Waals surface area (Å²) in [6.07, 6.45) is 8.35. The number of hydrogen-bond acceptors (Lipinski definition) is 0. The summed E-state index contributed by atoms with van der Waals surface area (Å²) in [5.74, 6) is 0.597. The van der Waals surface area contributed by atoms with Gasteiger partial charge in [0.15, 0.2) is 0 Å². The maximum absolute atomic E-state index is 2.24. The summed E-state index contributed by atoms with van der Waals surface area (Å²) >= 11 is 0. The van der Waals surface area contributed by atoms with Crippen LogP contribution in [0.1, 0.15) is 43.4 Å². The van der Waals surface area contributed by atoms with E-state index in [0.29, 0.717) is 5.92 Å². The second-order valence-electron chi connectivity index (χ2n) is 4.10. The normalized spacial score (nSPS) is 12.1. The van der Waals surface area contributed by atoms with Crippen LogP contribution in [0.2, 0.25) is 0 Å². The maximum atomic E-state index is 2.24. The Morgan fingerprint density at radius 3 is 2.47 bits per heavy atom. The molecular weight excluding hydrogens is 180 g/mol. The molecule has 0 aromatic heterocycles. The summed E-state index contributed by atoms with van der Waals surface area (Å²) in [7, 11) is 0. The fraction of sp³-hybridized carbons (Fsp3) is 0.333. The standard InChI is InChI=1S/C15H20/c1-5-6-7-9-14-10-8-11-15(12(2)3)13(14)4/h5-12H,1-4H3/b6-5-,9-7-. The molecule has 1 aromatic rings. The van der Waals surface area contributed by atoms with Gasteiger partial charge in [-0.1, -0.05) is 56.4 Å². The van der Waals surface area contributed by atoms with Gasteiger partial charge in [-0.05, 0) is 36.5 Å². The first kappa shape index (κ1) is 11.8. The third kappa shape index (κ3) is 3.09. The molecule has 0 amide bonds. The second-order valence-corrected chi connectivity index (χ2v) is 4.10. The van der Waals surface area contributed by atoms with Crippen LogP contribution in [0, 0.1) is 6.92 Å². The summed E-state index contributed by atoms with van der Waals surface area (Å²) in [6, 6.07) is 6.52. The van der Waals surface area contributed by atoms with Crippen LogP contribution in [-0.2, 0) is 0 Å². The smallest absolute Gasteiger partial charge is 0.0216 e. The van der Waals surface area contributed by atoms with Gasteiger partial charge in [-0.3, -0.25) is 0 Å². The zero-order valence-corrected chi connectivity index (χ0v) is 10.1. The Hall–Kier alpha value is -1.30. The Kier molecular flexibility index (Phi) is 4.36. The average Bonchev–Trinajstić information content (AvgIpc) is 2.20. The van der Waals surface area contributed by atoms with E-state index in [9.17, 15) is 0 Å². The molecule has 0 unspecified atom stereocenters. The van der Waals surface area contributed by atoms with Crippen molar-refractivity contribution in [2.45, 2.75) is 33.6 Å². The molecule has 0 atom stereocenters. The zero-order valence-electron chi connectivity index (χ0n) is 10.1. The molecule has 0 heterocycles. The van der Waals surface area contributed by atoms with Gasteiger partial charge in [0.1, 0.15) is 0 Å². The van der Waals surface area contributed by atoms with Crippen LogP contribution in [0.4, 0.5) is 0 Å². The molecule has 0 saturated heterocycles. The van der Waals surface area contributed by atoms with Gasteiger partial charge in [-0.15, -0.1) is 0 Å². The first-order valence-corrected chi connectivity index (χ1v) is 5.55. The van der Waals surface area contributed by atoms with Gasteiger partial charge in [0.2, 0.25) is 0 Å². The van der Waals surface area contributed by atoms with Gasteiger partial charge in [-0.2, -0.15) is 0 Å². The highest BCUT2D eigenvalue weighted by Crippen LogP contribution is 2.22. The number of hydrogen-bond donors (Lipinski definition) is 0. The Bertz CT molecular complexity index is 368. The highest BCUT2D eigenvalue weighted by molar-refractivity contribution is 5.57. The Morgan fingerprint density at radius 1 is 1.13 bits per heavy atom. The molecule has 0 aliphatic rings. The van der Waals surface area contributed by atoms with Crippen LogP contribution in [0.15, 0.2) is 36.4 Å². The minimum absolute atomic E-state index is 0.597. The van der Waals surface area contributed by atoms with Gasteiger partial charge < -0.3 is 0 Å². The fourth-order valence-electron chi connectivity index (χ4n) is 1.75. The highest BCUT2D eigenvalue weighted by atomic mass is 14.1. The lowest BCUT2D eigenvalue weighted by atomic mass is 9.94. The Labute approximate surface area is 93.3 Å². The molecule has 80 valence electrons. The Balaban J connectivity index is 3.04. The van der Waals surface area contributed by atoms with E-state index in [2.05, 4.69) is 57.2 Å². The van der Waals surface area contributed by atoms with E-state index in [0.717, 1.165) is 0 Å². The van der Waals surface area contributed by atoms with Crippen molar-refractivity contribution in [3.8, 4) is 0 Å². The molecule has 1 aromatic carbocycles. The van der Waals surface area contributed by atoms with Crippen molar-refractivity contribution in [3.05, 3.63) is 53.1 Å². The van der Waals surface area contributed by atoms with E-state index in [1.165, 1.54) is 16.7 Å². The van der Waals surface area contributed by atoms with E-state index in [1.807, 2.05) is 13.0 Å². The van der Waals surface area contributed by atoms with Crippen molar-refractivity contribution in [3.63, 3.8) is 0 Å². The molecule has 15 heavy (non-hydrogen) atoms. The second kappa shape index (κ2) is 5.55. The molecule has 0 aliphatic heterocycles. The van der Waals surface area contributed by atoms with Crippen molar-refractivity contribution in [1.82, 2.24) is 0 Å². The molecule has 0 spiro atoms. The first-order valence-electron chi connectivity index (χ1n) is 5.55. The lowest BCUT2D eigenvalue weighted by Crippen LogP contribution is -1.93. The van der Waals surface area contributed by atoms with E-state index >= 15 is 0 Å². The summed E-state index contributed by atoms with van der Waals surface area (Å²) < 4.78 is 0. The predicted octanol–water partition coefficient (Wildman–Crippen LogP) is 4.71. The molecule has 1 rings (SSSR count). The van der Waals surface area contributed by atoms with E-state index in [4.69, 9.17) is 0 Å². The van der Waals surface area contributed by atoms with Crippen LogP contribution in [-0.4, -0.2) is 0 Å². The van der Waals surface area contributed by atoms with Crippen LogP contribution in [0.25, 0.3) is 6.08 Å². The predicted molar refractivity (Wildman–Crippen MR) is 69.1 cm³/mol. The van der Waals surface area contributed by atoms with Crippen molar-refractivity contribution in [2.75, 3.05) is 0 Å². The minimum atomic E-state index is 0.597. The van der Waals surface area contributed by atoms with Crippen LogP contribution < -0.4 is 0 Å². The van der Waals surface area contributed by atoms with Crippen molar-refractivity contribution in [1.29, 1.82) is 0 Å². The molecule has 0 N–H and O–H groups in total. The third-order valence-corrected chi connectivity index (χ3v) is 2.62. The molecule has 0 heteroatoms. The quantitative estimate of drug-likeness (QED) is 0.620. The molecular formula is C15H20. The number of benzene rings is 1. The lowest BCUT2D eigenvalue weighted by Gasteiger charge is -2.11. The summed E-state index contributed by atoms with van der Waals surface area (Å²) in [4.78, 5) is 0. The molecule has 0 nitrogen and oxygen atoms in total. The first-order chi connectivity index (χ1) is 7.16. The summed E-state index contributed by atoms with van der Waals surface area (Å²) in [6.45, 7) is 8.70. The van der Waals surface area contributed by atoms with Crippen LogP contribution in [0.5, 0.6) is 0 Å². The van der Waals surface area contributed by atoms with Crippen LogP contribution >= 0.6 is 0 Å². The van der Waals surface area contributed by atoms with E-state index < -0.39 is 0 Å². The Morgan fingerprint density at radius 2 is 1.87 bits per heavy atom. The van der Waals surface area contributed by atoms with Crippen LogP contribution in [0.3, 0.4) is 0 Å². The maximum Gasteiger partial charge on any atom is -0.0216 e. The molecule has 0 fully saturated rings. The summed E-state index contributed by atoms with van der Waals surface area (Å²) in [5, 5.41) is 0.